The first-order valence-corrected chi connectivity index (χ1v) is 4.59. The lowest BCUT2D eigenvalue weighted by Gasteiger charge is -2.11. The number of hydrogen-bond acceptors (Lipinski definition) is 4. The van der Waals surface area contributed by atoms with Gasteiger partial charge in [-0.25, -0.2) is 4.79 Å². The maximum absolute atomic E-state index is 11.4. The second-order valence-corrected chi connectivity index (χ2v) is 3.03. The van der Waals surface area contributed by atoms with Crippen molar-refractivity contribution < 1.29 is 19.2 Å². The van der Waals surface area contributed by atoms with E-state index in [0.717, 1.165) is 0 Å². The summed E-state index contributed by atoms with van der Waals surface area (Å²) in [6.45, 7) is 1.84. The van der Waals surface area contributed by atoms with E-state index in [0.29, 0.717) is 12.8 Å². The molecule has 1 unspecified atom stereocenters. The van der Waals surface area contributed by atoms with Crippen molar-refractivity contribution in [3.63, 3.8) is 0 Å². The Hall–Kier alpha value is -1.85. The van der Waals surface area contributed by atoms with Gasteiger partial charge in [-0.2, -0.15) is 0 Å². The molecule has 15 heavy (non-hydrogen) atoms. The Morgan fingerprint density at radius 2 is 2.40 bits per heavy atom. The van der Waals surface area contributed by atoms with Crippen LogP contribution in [0, 0.1) is 0 Å². The average molecular weight is 212 g/mol. The quantitative estimate of drug-likeness (QED) is 0.747. The van der Waals surface area contributed by atoms with Crippen molar-refractivity contribution in [2.24, 2.45) is 0 Å². The van der Waals surface area contributed by atoms with Crippen molar-refractivity contribution in [2.75, 3.05) is 0 Å². The molecule has 1 heterocycles. The van der Waals surface area contributed by atoms with Gasteiger partial charge in [0.15, 0.2) is 0 Å². The molecule has 0 radical (unpaired) electrons. The molecule has 0 aliphatic carbocycles. The van der Waals surface area contributed by atoms with E-state index in [1.165, 1.54) is 12.3 Å². The zero-order chi connectivity index (χ0) is 11.3. The van der Waals surface area contributed by atoms with Crippen LogP contribution in [-0.2, 0) is 4.79 Å². The minimum atomic E-state index is -1.05. The highest BCUT2D eigenvalue weighted by Gasteiger charge is 2.20. The molecule has 0 aromatic carbocycles. The molecule has 0 bridgehead atoms. The van der Waals surface area contributed by atoms with Gasteiger partial charge in [-0.05, 0) is 6.42 Å². The summed E-state index contributed by atoms with van der Waals surface area (Å²) in [6, 6.07) is 0.493. The highest BCUT2D eigenvalue weighted by Crippen LogP contribution is 2.01. The molecule has 0 aliphatic rings. The van der Waals surface area contributed by atoms with Crippen LogP contribution in [0.5, 0.6) is 0 Å². The van der Waals surface area contributed by atoms with Crippen LogP contribution < -0.4 is 5.32 Å². The highest BCUT2D eigenvalue weighted by molar-refractivity contribution is 5.94. The first-order chi connectivity index (χ1) is 7.15. The second kappa shape index (κ2) is 5.14. The second-order valence-electron chi connectivity index (χ2n) is 3.03. The van der Waals surface area contributed by atoms with Gasteiger partial charge in [-0.15, -0.1) is 0 Å². The Morgan fingerprint density at radius 3 is 2.87 bits per heavy atom. The molecule has 1 rings (SSSR count). The maximum atomic E-state index is 11.4. The smallest absolute Gasteiger partial charge is 0.326 e. The van der Waals surface area contributed by atoms with E-state index in [1.807, 2.05) is 6.92 Å². The minimum Gasteiger partial charge on any atom is -0.480 e. The molecule has 1 aromatic heterocycles. The Balaban J connectivity index is 2.59. The number of aliphatic carboxylic acids is 1. The molecule has 82 valence electrons. The van der Waals surface area contributed by atoms with Crippen LogP contribution in [0.4, 0.5) is 0 Å². The number of aromatic nitrogens is 1. The van der Waals surface area contributed by atoms with Gasteiger partial charge in [0.1, 0.15) is 6.04 Å². The van der Waals surface area contributed by atoms with E-state index in [-0.39, 0.29) is 5.76 Å². The van der Waals surface area contributed by atoms with Gasteiger partial charge in [-0.1, -0.05) is 18.5 Å². The Bertz CT molecular complexity index is 334. The van der Waals surface area contributed by atoms with Crippen LogP contribution in [0.3, 0.4) is 0 Å². The SMILES string of the molecule is CCCC(NC(=O)c1ccno1)C(=O)O. The predicted octanol–water partition coefficient (Wildman–Crippen LogP) is 0.658. The highest BCUT2D eigenvalue weighted by atomic mass is 16.5. The molecular formula is C9H12N2O4. The van der Waals surface area contributed by atoms with Crippen molar-refractivity contribution in [1.82, 2.24) is 10.5 Å². The molecule has 1 aromatic rings. The molecule has 2 N–H and O–H groups in total. The Labute approximate surface area is 86.3 Å². The zero-order valence-electron chi connectivity index (χ0n) is 8.27. The number of nitrogens with one attached hydrogen (secondary N) is 1. The molecule has 1 amide bonds. The lowest BCUT2D eigenvalue weighted by Crippen LogP contribution is -2.40. The molecule has 0 fully saturated rings. The minimum absolute atomic E-state index is 0.0114. The third kappa shape index (κ3) is 3.08. The van der Waals surface area contributed by atoms with Crippen LogP contribution in [0.25, 0.3) is 0 Å². The summed E-state index contributed by atoms with van der Waals surface area (Å²) in [5.41, 5.74) is 0. The standard InChI is InChI=1S/C9H12N2O4/c1-2-3-6(9(13)14)11-8(12)7-4-5-10-15-7/h4-6H,2-3H2,1H3,(H,11,12)(H,13,14). The molecular weight excluding hydrogens is 200 g/mol. The number of carboxylic acids is 1. The third-order valence-electron chi connectivity index (χ3n) is 1.84. The van der Waals surface area contributed by atoms with E-state index < -0.39 is 17.9 Å². The van der Waals surface area contributed by atoms with E-state index in [9.17, 15) is 9.59 Å². The number of carboxylic acid groups (broad SMARTS) is 1. The van der Waals surface area contributed by atoms with Gasteiger partial charge in [0.2, 0.25) is 5.76 Å². The van der Waals surface area contributed by atoms with E-state index in [4.69, 9.17) is 5.11 Å². The van der Waals surface area contributed by atoms with Gasteiger partial charge in [0.05, 0.1) is 6.20 Å². The number of carbonyl (C=O) groups is 2. The van der Waals surface area contributed by atoms with Crippen LogP contribution >= 0.6 is 0 Å². The average Bonchev–Trinajstić information content (AvgIpc) is 2.69. The Morgan fingerprint density at radius 1 is 1.67 bits per heavy atom. The molecule has 1 atom stereocenters. The first kappa shape index (κ1) is 11.2. The van der Waals surface area contributed by atoms with Crippen molar-refractivity contribution in [2.45, 2.75) is 25.8 Å². The largest absolute Gasteiger partial charge is 0.480 e. The summed E-state index contributed by atoms with van der Waals surface area (Å²) in [7, 11) is 0. The summed E-state index contributed by atoms with van der Waals surface area (Å²) < 4.78 is 4.60. The van der Waals surface area contributed by atoms with Crippen LogP contribution in [0.1, 0.15) is 30.3 Å². The monoisotopic (exact) mass is 212 g/mol. The van der Waals surface area contributed by atoms with Crippen molar-refractivity contribution in [3.05, 3.63) is 18.0 Å². The fourth-order valence-corrected chi connectivity index (χ4v) is 1.11. The molecule has 0 aliphatic heterocycles. The van der Waals surface area contributed by atoms with Crippen molar-refractivity contribution in [3.8, 4) is 0 Å². The predicted molar refractivity (Wildman–Crippen MR) is 50.3 cm³/mol. The van der Waals surface area contributed by atoms with Crippen LogP contribution in [-0.4, -0.2) is 28.2 Å². The molecule has 0 saturated carbocycles. The first-order valence-electron chi connectivity index (χ1n) is 4.59. The van der Waals surface area contributed by atoms with E-state index >= 15 is 0 Å². The van der Waals surface area contributed by atoms with E-state index in [2.05, 4.69) is 15.0 Å². The topological polar surface area (TPSA) is 92.4 Å². The molecule has 0 spiro atoms. The van der Waals surface area contributed by atoms with E-state index in [1.54, 1.807) is 0 Å². The molecule has 0 saturated heterocycles. The van der Waals surface area contributed by atoms with Crippen LogP contribution in [0.2, 0.25) is 0 Å². The lowest BCUT2D eigenvalue weighted by atomic mass is 10.1. The van der Waals surface area contributed by atoms with Crippen LogP contribution in [0.15, 0.2) is 16.8 Å². The number of hydrogen-bond donors (Lipinski definition) is 2. The van der Waals surface area contributed by atoms with Gasteiger partial charge in [0, 0.05) is 6.07 Å². The van der Waals surface area contributed by atoms with Crippen molar-refractivity contribution in [1.29, 1.82) is 0 Å². The number of rotatable bonds is 5. The number of amides is 1. The van der Waals surface area contributed by atoms with Gasteiger partial charge >= 0.3 is 5.97 Å². The summed E-state index contributed by atoms with van der Waals surface area (Å²) in [5, 5.41) is 14.5. The lowest BCUT2D eigenvalue weighted by molar-refractivity contribution is -0.139. The van der Waals surface area contributed by atoms with Gasteiger partial charge in [0.25, 0.3) is 5.91 Å². The van der Waals surface area contributed by atoms with Gasteiger partial charge in [-0.3, -0.25) is 4.79 Å². The normalized spacial score (nSPS) is 12.1. The summed E-state index contributed by atoms with van der Waals surface area (Å²) in [4.78, 5) is 22.1. The third-order valence-corrected chi connectivity index (χ3v) is 1.84. The molecule has 6 nitrogen and oxygen atoms in total. The Kier molecular flexibility index (Phi) is 3.84. The van der Waals surface area contributed by atoms with Gasteiger partial charge < -0.3 is 14.9 Å². The zero-order valence-corrected chi connectivity index (χ0v) is 8.27. The maximum Gasteiger partial charge on any atom is 0.326 e. The summed E-state index contributed by atoms with van der Waals surface area (Å²) >= 11 is 0. The fourth-order valence-electron chi connectivity index (χ4n) is 1.11. The number of nitrogens with zero attached hydrogens (tertiary/aromatic N) is 1. The molecule has 6 heteroatoms. The van der Waals surface area contributed by atoms with Crippen molar-refractivity contribution >= 4 is 11.9 Å². The summed E-state index contributed by atoms with van der Waals surface area (Å²) in [6.07, 6.45) is 2.38. The number of carbonyl (C=O) groups excluding carboxylic acids is 1. The summed E-state index contributed by atoms with van der Waals surface area (Å²) in [5.74, 6) is -1.60. The fraction of sp³-hybridized carbons (Fsp3) is 0.444.